The molecule has 9 nitrogen and oxygen atoms in total. The van der Waals surface area contributed by atoms with Crippen LogP contribution in [0.25, 0.3) is 0 Å². The largest absolute Gasteiger partial charge is 0.330 e. The minimum atomic E-state index is -3.83. The molecule has 1 aromatic rings. The summed E-state index contributed by atoms with van der Waals surface area (Å²) in [6.07, 6.45) is 2.48. The fourth-order valence-electron chi connectivity index (χ4n) is 4.04. The number of nitrogens with zero attached hydrogens (tertiary/aromatic N) is 3. The van der Waals surface area contributed by atoms with Gasteiger partial charge in [-0.3, -0.25) is 14.4 Å². The smallest absolute Gasteiger partial charge is 0.312 e. The number of aryl methyl sites for hydroxylation is 1. The SMILES string of the molecule is C=CCN1CCN(C2CCN(S(=O)(=O)c3cc(C)ccc3NC(C)=O)CC2)C(=O)C1=O. The van der Waals surface area contributed by atoms with Gasteiger partial charge in [0.15, 0.2) is 0 Å². The molecule has 0 radical (unpaired) electrons. The molecule has 0 unspecified atom stereocenters. The average Bonchev–Trinajstić information content (AvgIpc) is 2.73. The van der Waals surface area contributed by atoms with Crippen LogP contribution in [0.1, 0.15) is 25.3 Å². The van der Waals surface area contributed by atoms with Gasteiger partial charge in [0.05, 0.1) is 5.69 Å². The summed E-state index contributed by atoms with van der Waals surface area (Å²) in [5.41, 5.74) is 1.02. The molecule has 168 valence electrons. The summed E-state index contributed by atoms with van der Waals surface area (Å²) >= 11 is 0. The first-order valence-corrected chi connectivity index (χ1v) is 11.7. The van der Waals surface area contributed by atoms with Crippen molar-refractivity contribution in [2.45, 2.75) is 37.6 Å². The van der Waals surface area contributed by atoms with Crippen molar-refractivity contribution in [1.82, 2.24) is 14.1 Å². The third-order valence-electron chi connectivity index (χ3n) is 5.62. The Kier molecular flexibility index (Phi) is 6.80. The van der Waals surface area contributed by atoms with E-state index in [9.17, 15) is 22.8 Å². The first kappa shape index (κ1) is 23.0. The summed E-state index contributed by atoms with van der Waals surface area (Å²) in [6, 6.07) is 4.70. The van der Waals surface area contributed by atoms with Gasteiger partial charge in [-0.25, -0.2) is 8.42 Å². The van der Waals surface area contributed by atoms with E-state index in [1.165, 1.54) is 16.1 Å². The van der Waals surface area contributed by atoms with E-state index in [2.05, 4.69) is 11.9 Å². The molecule has 0 atom stereocenters. The number of nitrogens with one attached hydrogen (secondary N) is 1. The van der Waals surface area contributed by atoms with Gasteiger partial charge in [0, 0.05) is 45.7 Å². The zero-order valence-electron chi connectivity index (χ0n) is 17.8. The maximum Gasteiger partial charge on any atom is 0.312 e. The highest BCUT2D eigenvalue weighted by Gasteiger charge is 2.39. The van der Waals surface area contributed by atoms with Crippen LogP contribution in [-0.4, -0.2) is 79.0 Å². The number of hydrogen-bond donors (Lipinski definition) is 1. The van der Waals surface area contributed by atoms with Gasteiger partial charge in [-0.2, -0.15) is 4.31 Å². The first-order chi connectivity index (χ1) is 14.6. The van der Waals surface area contributed by atoms with E-state index in [1.54, 1.807) is 36.1 Å². The monoisotopic (exact) mass is 448 g/mol. The van der Waals surface area contributed by atoms with Crippen LogP contribution in [0.5, 0.6) is 0 Å². The van der Waals surface area contributed by atoms with E-state index in [1.807, 2.05) is 0 Å². The summed E-state index contributed by atoms with van der Waals surface area (Å²) in [5.74, 6) is -1.43. The number of sulfonamides is 1. The Morgan fingerprint density at radius 2 is 1.84 bits per heavy atom. The molecule has 0 aliphatic carbocycles. The van der Waals surface area contributed by atoms with E-state index in [0.717, 1.165) is 5.56 Å². The van der Waals surface area contributed by atoms with Crippen molar-refractivity contribution in [2.75, 3.05) is 38.0 Å². The summed E-state index contributed by atoms with van der Waals surface area (Å²) in [6.45, 7) is 8.39. The van der Waals surface area contributed by atoms with Gasteiger partial charge >= 0.3 is 11.8 Å². The topological polar surface area (TPSA) is 107 Å². The Balaban J connectivity index is 1.72. The molecule has 10 heteroatoms. The molecule has 0 saturated carbocycles. The number of benzene rings is 1. The van der Waals surface area contributed by atoms with Crippen molar-refractivity contribution in [3.8, 4) is 0 Å². The van der Waals surface area contributed by atoms with Gasteiger partial charge in [-0.15, -0.1) is 6.58 Å². The molecule has 2 fully saturated rings. The maximum atomic E-state index is 13.3. The molecule has 31 heavy (non-hydrogen) atoms. The van der Waals surface area contributed by atoms with Crippen molar-refractivity contribution in [1.29, 1.82) is 0 Å². The molecule has 1 N–H and O–H groups in total. The average molecular weight is 449 g/mol. The van der Waals surface area contributed by atoms with Crippen molar-refractivity contribution in [3.05, 3.63) is 36.4 Å². The lowest BCUT2D eigenvalue weighted by Gasteiger charge is -2.41. The molecule has 3 rings (SSSR count). The van der Waals surface area contributed by atoms with E-state index in [-0.39, 0.29) is 35.6 Å². The van der Waals surface area contributed by atoms with Gasteiger partial charge in [0.1, 0.15) is 4.90 Å². The predicted molar refractivity (Wildman–Crippen MR) is 116 cm³/mol. The van der Waals surface area contributed by atoms with Crippen molar-refractivity contribution in [3.63, 3.8) is 0 Å². The first-order valence-electron chi connectivity index (χ1n) is 10.2. The fraction of sp³-hybridized carbons (Fsp3) is 0.476. The van der Waals surface area contributed by atoms with Crippen LogP contribution in [0.4, 0.5) is 5.69 Å². The number of hydrogen-bond acceptors (Lipinski definition) is 5. The van der Waals surface area contributed by atoms with E-state index < -0.39 is 21.8 Å². The number of carbonyl (C=O) groups excluding carboxylic acids is 3. The van der Waals surface area contributed by atoms with Crippen LogP contribution < -0.4 is 5.32 Å². The highest BCUT2D eigenvalue weighted by atomic mass is 32.2. The maximum absolute atomic E-state index is 13.3. The molecule has 0 aromatic heterocycles. The van der Waals surface area contributed by atoms with E-state index in [4.69, 9.17) is 0 Å². The van der Waals surface area contributed by atoms with Gasteiger partial charge < -0.3 is 15.1 Å². The Morgan fingerprint density at radius 1 is 1.16 bits per heavy atom. The fourth-order valence-corrected chi connectivity index (χ4v) is 5.74. The van der Waals surface area contributed by atoms with Crippen molar-refractivity contribution >= 4 is 33.4 Å². The number of carbonyl (C=O) groups is 3. The molecule has 3 amide bonds. The number of piperidine rings is 1. The summed E-state index contributed by atoms with van der Waals surface area (Å²) in [4.78, 5) is 39.4. The Hall–Kier alpha value is -2.72. The summed E-state index contributed by atoms with van der Waals surface area (Å²) in [5, 5.41) is 2.58. The van der Waals surface area contributed by atoms with Crippen LogP contribution in [0, 0.1) is 6.92 Å². The van der Waals surface area contributed by atoms with E-state index >= 15 is 0 Å². The lowest BCUT2D eigenvalue weighted by molar-refractivity contribution is -0.157. The summed E-state index contributed by atoms with van der Waals surface area (Å²) < 4.78 is 27.9. The minimum absolute atomic E-state index is 0.0606. The number of anilines is 1. The van der Waals surface area contributed by atoms with E-state index in [0.29, 0.717) is 32.5 Å². The van der Waals surface area contributed by atoms with Crippen molar-refractivity contribution < 1.29 is 22.8 Å². The molecule has 2 aliphatic heterocycles. The third kappa shape index (κ3) is 4.80. The molecule has 0 bridgehead atoms. The van der Waals surface area contributed by atoms with Gasteiger partial charge in [-0.05, 0) is 37.5 Å². The van der Waals surface area contributed by atoms with Gasteiger partial charge in [-0.1, -0.05) is 12.1 Å². The Labute approximate surface area is 182 Å². The second-order valence-corrected chi connectivity index (χ2v) is 9.76. The minimum Gasteiger partial charge on any atom is -0.330 e. The van der Waals surface area contributed by atoms with Gasteiger partial charge in [0.25, 0.3) is 0 Å². The zero-order valence-corrected chi connectivity index (χ0v) is 18.7. The molecule has 2 aliphatic rings. The van der Waals surface area contributed by atoms with Crippen LogP contribution in [0.15, 0.2) is 35.7 Å². The Morgan fingerprint density at radius 3 is 2.45 bits per heavy atom. The van der Waals surface area contributed by atoms with Crippen LogP contribution in [0.2, 0.25) is 0 Å². The number of amides is 3. The highest BCUT2D eigenvalue weighted by Crippen LogP contribution is 2.29. The molecular weight excluding hydrogens is 420 g/mol. The van der Waals surface area contributed by atoms with Crippen LogP contribution in [-0.2, 0) is 24.4 Å². The summed E-state index contributed by atoms with van der Waals surface area (Å²) in [7, 11) is -3.83. The van der Waals surface area contributed by atoms with Crippen molar-refractivity contribution in [2.24, 2.45) is 0 Å². The standard InChI is InChI=1S/C21H28N4O5S/c1-4-9-23-12-13-25(21(28)20(23)27)17-7-10-24(11-8-17)31(29,30)19-14-15(2)5-6-18(19)22-16(3)26/h4-6,14,17H,1,7-13H2,2-3H3,(H,22,26). The second-order valence-electron chi connectivity index (χ2n) is 7.85. The lowest BCUT2D eigenvalue weighted by atomic mass is 10.0. The third-order valence-corrected chi connectivity index (χ3v) is 7.56. The highest BCUT2D eigenvalue weighted by molar-refractivity contribution is 7.89. The normalized spacial score (nSPS) is 18.9. The Bertz CT molecular complexity index is 999. The molecule has 1 aromatic carbocycles. The lowest BCUT2D eigenvalue weighted by Crippen LogP contribution is -2.59. The predicted octanol–water partition coefficient (Wildman–Crippen LogP) is 0.963. The second kappa shape index (κ2) is 9.19. The van der Waals surface area contributed by atoms with Crippen LogP contribution >= 0.6 is 0 Å². The number of piperazine rings is 1. The quantitative estimate of drug-likeness (QED) is 0.515. The molecule has 2 heterocycles. The number of rotatable bonds is 6. The molecular formula is C21H28N4O5S. The van der Waals surface area contributed by atoms with Crippen LogP contribution in [0.3, 0.4) is 0 Å². The van der Waals surface area contributed by atoms with Gasteiger partial charge in [0.2, 0.25) is 15.9 Å². The molecule has 0 spiro atoms. The molecule has 2 saturated heterocycles. The zero-order chi connectivity index (χ0) is 22.8.